The maximum absolute atomic E-state index is 10.8. The molecule has 0 aliphatic carbocycles. The van der Waals surface area contributed by atoms with Gasteiger partial charge < -0.3 is 20.5 Å². The van der Waals surface area contributed by atoms with Crippen molar-refractivity contribution < 1.29 is 9.84 Å². The molecule has 0 aliphatic rings. The first-order valence-electron chi connectivity index (χ1n) is 10.5. The number of nitrogens with one attached hydrogen (secondary N) is 2. The normalized spacial score (nSPS) is 13.2. The summed E-state index contributed by atoms with van der Waals surface area (Å²) in [7, 11) is 0. The van der Waals surface area contributed by atoms with Crippen LogP contribution in [0.1, 0.15) is 36.1 Å². The second kappa shape index (κ2) is 13.6. The molecular weight excluding hydrogens is 533 g/mol. The molecule has 1 atom stereocenters. The zero-order chi connectivity index (χ0) is 21.9. The van der Waals surface area contributed by atoms with Crippen molar-refractivity contribution in [3.63, 3.8) is 0 Å². The van der Waals surface area contributed by atoms with Crippen molar-refractivity contribution in [2.24, 2.45) is 4.99 Å². The van der Waals surface area contributed by atoms with Crippen LogP contribution in [-0.2, 0) is 30.1 Å². The number of aliphatic imine (C=N–C) groups is 1. The Morgan fingerprint density at radius 1 is 1.00 bits per heavy atom. The molecule has 0 saturated carbocycles. The Kier molecular flexibility index (Phi) is 11.2. The lowest BCUT2D eigenvalue weighted by molar-refractivity contribution is 0.0621. The predicted octanol–water partition coefficient (Wildman–Crippen LogP) is 5.05. The molecule has 0 bridgehead atoms. The molecule has 3 aromatic rings. The first kappa shape index (κ1) is 26.3. The molecule has 0 spiro atoms. The lowest BCUT2D eigenvalue weighted by Gasteiger charge is -2.24. The Morgan fingerprint density at radius 3 is 2.41 bits per heavy atom. The van der Waals surface area contributed by atoms with E-state index in [1.165, 1.54) is 0 Å². The molecule has 0 saturated heterocycles. The van der Waals surface area contributed by atoms with E-state index in [4.69, 9.17) is 9.73 Å². The average Bonchev–Trinajstić information content (AvgIpc) is 3.33. The smallest absolute Gasteiger partial charge is 0.191 e. The summed E-state index contributed by atoms with van der Waals surface area (Å²) in [6, 6.07) is 20.3. The summed E-state index contributed by atoms with van der Waals surface area (Å²) in [6.45, 7) is 6.61. The molecule has 1 heterocycles. The maximum atomic E-state index is 10.8. The average molecular weight is 566 g/mol. The molecule has 3 N–H and O–H groups in total. The number of hydrogen-bond acceptors (Lipinski definition) is 4. The summed E-state index contributed by atoms with van der Waals surface area (Å²) < 4.78 is 5.92. The molecular formula is C25H32IN3O2S. The van der Waals surface area contributed by atoms with Crippen LogP contribution in [0.15, 0.2) is 76.4 Å². The minimum absolute atomic E-state index is 0. The summed E-state index contributed by atoms with van der Waals surface area (Å²) in [5, 5.41) is 21.2. The third-order valence-corrected chi connectivity index (χ3v) is 5.67. The first-order valence-corrected chi connectivity index (χ1v) is 11.5. The quantitative estimate of drug-likeness (QED) is 0.183. The van der Waals surface area contributed by atoms with E-state index in [1.807, 2.05) is 61.0 Å². The number of halogens is 1. The molecule has 0 fully saturated rings. The molecule has 0 aliphatic heterocycles. The lowest BCUT2D eigenvalue weighted by Crippen LogP contribution is -2.44. The standard InChI is InChI=1S/C25H31N3O2S.HI/c1-3-26-24(28-19-25(2,29)23-13-14-31-18-23)27-15-21-11-7-8-12-22(21)17-30-16-20-9-5-4-6-10-20;/h4-14,18,29H,3,15-17,19H2,1-2H3,(H2,26,27,28);1H. The van der Waals surface area contributed by atoms with E-state index in [0.717, 1.165) is 28.8 Å². The third-order valence-electron chi connectivity index (χ3n) is 4.98. The number of ether oxygens (including phenoxy) is 1. The molecule has 0 radical (unpaired) electrons. The van der Waals surface area contributed by atoms with Crippen LogP contribution in [0.2, 0.25) is 0 Å². The van der Waals surface area contributed by atoms with Crippen LogP contribution in [0.5, 0.6) is 0 Å². The molecule has 2 aromatic carbocycles. The Balaban J connectivity index is 0.00000363. The second-order valence-corrected chi connectivity index (χ2v) is 8.36. The van der Waals surface area contributed by atoms with Crippen molar-refractivity contribution in [1.82, 2.24) is 10.6 Å². The molecule has 32 heavy (non-hydrogen) atoms. The van der Waals surface area contributed by atoms with Crippen LogP contribution in [-0.4, -0.2) is 24.2 Å². The third kappa shape index (κ3) is 8.20. The monoisotopic (exact) mass is 565 g/mol. The largest absolute Gasteiger partial charge is 0.384 e. The highest BCUT2D eigenvalue weighted by Crippen LogP contribution is 2.22. The molecule has 7 heteroatoms. The van der Waals surface area contributed by atoms with Gasteiger partial charge in [0.25, 0.3) is 0 Å². The van der Waals surface area contributed by atoms with E-state index in [1.54, 1.807) is 11.3 Å². The highest BCUT2D eigenvalue weighted by atomic mass is 127. The molecule has 5 nitrogen and oxygen atoms in total. The molecule has 3 rings (SSSR count). The number of guanidine groups is 1. The Labute approximate surface area is 212 Å². The minimum Gasteiger partial charge on any atom is -0.384 e. The molecule has 0 amide bonds. The van der Waals surface area contributed by atoms with Gasteiger partial charge in [-0.05, 0) is 52.9 Å². The fraction of sp³-hybridized carbons (Fsp3) is 0.320. The SMILES string of the molecule is CCNC(=NCc1ccccc1COCc1ccccc1)NCC(C)(O)c1ccsc1.I. The van der Waals surface area contributed by atoms with Gasteiger partial charge >= 0.3 is 0 Å². The molecule has 1 aromatic heterocycles. The van der Waals surface area contributed by atoms with Gasteiger partial charge in [0.05, 0.1) is 26.3 Å². The van der Waals surface area contributed by atoms with E-state index >= 15 is 0 Å². The fourth-order valence-corrected chi connectivity index (χ4v) is 3.92. The van der Waals surface area contributed by atoms with E-state index in [2.05, 4.69) is 34.9 Å². The summed E-state index contributed by atoms with van der Waals surface area (Å²) in [4.78, 5) is 4.73. The molecule has 172 valence electrons. The van der Waals surface area contributed by atoms with Crippen molar-refractivity contribution >= 4 is 41.3 Å². The van der Waals surface area contributed by atoms with Crippen molar-refractivity contribution in [2.75, 3.05) is 13.1 Å². The van der Waals surface area contributed by atoms with Crippen LogP contribution in [0.3, 0.4) is 0 Å². The van der Waals surface area contributed by atoms with Gasteiger partial charge in [-0.1, -0.05) is 54.6 Å². The summed E-state index contributed by atoms with van der Waals surface area (Å²) in [6.07, 6.45) is 0. The van der Waals surface area contributed by atoms with Crippen molar-refractivity contribution in [2.45, 2.75) is 39.2 Å². The van der Waals surface area contributed by atoms with Gasteiger partial charge in [0.2, 0.25) is 0 Å². The Hall–Kier alpha value is -1.94. The lowest BCUT2D eigenvalue weighted by atomic mass is 9.99. The van der Waals surface area contributed by atoms with Gasteiger partial charge in [0.1, 0.15) is 5.60 Å². The number of rotatable bonds is 10. The topological polar surface area (TPSA) is 65.9 Å². The number of benzene rings is 2. The van der Waals surface area contributed by atoms with E-state index in [9.17, 15) is 5.11 Å². The Morgan fingerprint density at radius 2 is 1.72 bits per heavy atom. The van der Waals surface area contributed by atoms with Crippen LogP contribution in [0.25, 0.3) is 0 Å². The van der Waals surface area contributed by atoms with Gasteiger partial charge in [0, 0.05) is 6.54 Å². The van der Waals surface area contributed by atoms with Crippen LogP contribution in [0, 0.1) is 0 Å². The highest BCUT2D eigenvalue weighted by Gasteiger charge is 2.23. The van der Waals surface area contributed by atoms with Gasteiger partial charge in [0.15, 0.2) is 5.96 Å². The van der Waals surface area contributed by atoms with E-state index < -0.39 is 5.60 Å². The number of thiophene rings is 1. The van der Waals surface area contributed by atoms with Crippen LogP contribution in [0.4, 0.5) is 0 Å². The summed E-state index contributed by atoms with van der Waals surface area (Å²) >= 11 is 1.58. The van der Waals surface area contributed by atoms with Crippen LogP contribution >= 0.6 is 35.3 Å². The van der Waals surface area contributed by atoms with Gasteiger partial charge in [-0.3, -0.25) is 0 Å². The first-order chi connectivity index (χ1) is 15.1. The van der Waals surface area contributed by atoms with Crippen molar-refractivity contribution in [3.05, 3.63) is 93.7 Å². The van der Waals surface area contributed by atoms with Crippen molar-refractivity contribution in [3.8, 4) is 0 Å². The van der Waals surface area contributed by atoms with Gasteiger partial charge in [-0.2, -0.15) is 11.3 Å². The van der Waals surface area contributed by atoms with Crippen LogP contribution < -0.4 is 10.6 Å². The highest BCUT2D eigenvalue weighted by molar-refractivity contribution is 14.0. The van der Waals surface area contributed by atoms with Gasteiger partial charge in [-0.15, -0.1) is 24.0 Å². The number of nitrogens with zero attached hydrogens (tertiary/aromatic N) is 1. The molecule has 1 unspecified atom stereocenters. The Bertz CT molecular complexity index is 947. The van der Waals surface area contributed by atoms with Crippen molar-refractivity contribution in [1.29, 1.82) is 0 Å². The second-order valence-electron chi connectivity index (χ2n) is 7.58. The predicted molar refractivity (Wildman–Crippen MR) is 144 cm³/mol. The number of aliphatic hydroxyl groups is 1. The summed E-state index contributed by atoms with van der Waals surface area (Å²) in [5.74, 6) is 0.679. The fourth-order valence-electron chi connectivity index (χ4n) is 3.14. The van der Waals surface area contributed by atoms with Gasteiger partial charge in [-0.25, -0.2) is 4.99 Å². The number of hydrogen-bond donors (Lipinski definition) is 3. The van der Waals surface area contributed by atoms with E-state index in [-0.39, 0.29) is 24.0 Å². The maximum Gasteiger partial charge on any atom is 0.191 e. The minimum atomic E-state index is -0.959. The zero-order valence-electron chi connectivity index (χ0n) is 18.6. The zero-order valence-corrected chi connectivity index (χ0v) is 21.7. The summed E-state index contributed by atoms with van der Waals surface area (Å²) in [5.41, 5.74) is 3.36. The van der Waals surface area contributed by atoms with E-state index in [0.29, 0.717) is 32.3 Å².